The molecular weight excluding hydrogens is 226 g/mol. The van der Waals surface area contributed by atoms with E-state index in [1.54, 1.807) is 0 Å². The summed E-state index contributed by atoms with van der Waals surface area (Å²) in [5.41, 5.74) is 5.82. The van der Waals surface area contributed by atoms with E-state index >= 15 is 0 Å². The maximum Gasteiger partial charge on any atom is 0.189 e. The van der Waals surface area contributed by atoms with Gasteiger partial charge in [0.15, 0.2) is 5.96 Å². The van der Waals surface area contributed by atoms with Gasteiger partial charge in [0.25, 0.3) is 0 Å². The first-order chi connectivity index (χ1) is 8.74. The third kappa shape index (κ3) is 3.61. The number of aliphatic hydroxyl groups is 1. The molecule has 0 bridgehead atoms. The predicted molar refractivity (Wildman–Crippen MR) is 74.5 cm³/mol. The number of nitrogens with one attached hydrogen (secondary N) is 1. The standard InChI is InChI=1S/C14H27N3O/c15-13(16-12-7-3-1-4-8-12)17-14(11-18)9-5-2-6-10-14/h12,18H,1-11H2,(H3,15,16,17). The molecule has 4 nitrogen and oxygen atoms in total. The van der Waals surface area contributed by atoms with Crippen molar-refractivity contribution in [1.29, 1.82) is 0 Å². The highest BCUT2D eigenvalue weighted by Gasteiger charge is 2.31. The highest BCUT2D eigenvalue weighted by Crippen LogP contribution is 2.27. The van der Waals surface area contributed by atoms with Crippen molar-refractivity contribution in [2.24, 2.45) is 10.7 Å². The van der Waals surface area contributed by atoms with Crippen LogP contribution in [0.3, 0.4) is 0 Å². The van der Waals surface area contributed by atoms with Crippen LogP contribution < -0.4 is 11.1 Å². The van der Waals surface area contributed by atoms with Crippen molar-refractivity contribution in [1.82, 2.24) is 5.32 Å². The topological polar surface area (TPSA) is 70.6 Å². The fourth-order valence-corrected chi connectivity index (χ4v) is 3.26. The molecule has 0 amide bonds. The van der Waals surface area contributed by atoms with Gasteiger partial charge >= 0.3 is 0 Å². The Bertz CT molecular complexity index is 279. The zero-order valence-electron chi connectivity index (χ0n) is 11.3. The first-order valence-electron chi connectivity index (χ1n) is 7.46. The SMILES string of the molecule is NC(=NC1CCCCC1)NC1(CO)CCCCC1. The number of hydrogen-bond acceptors (Lipinski definition) is 2. The summed E-state index contributed by atoms with van der Waals surface area (Å²) in [7, 11) is 0. The molecule has 2 aliphatic rings. The number of nitrogens with two attached hydrogens (primary N) is 1. The van der Waals surface area contributed by atoms with Crippen LogP contribution in [0.5, 0.6) is 0 Å². The quantitative estimate of drug-likeness (QED) is 0.531. The molecule has 0 aromatic rings. The lowest BCUT2D eigenvalue weighted by molar-refractivity contribution is 0.139. The largest absolute Gasteiger partial charge is 0.394 e. The van der Waals surface area contributed by atoms with Crippen LogP contribution in [0.1, 0.15) is 64.2 Å². The first kappa shape index (κ1) is 13.7. The zero-order chi connectivity index (χ0) is 12.8. The van der Waals surface area contributed by atoms with Crippen LogP contribution in [-0.2, 0) is 0 Å². The Balaban J connectivity index is 1.91. The molecule has 2 fully saturated rings. The summed E-state index contributed by atoms with van der Waals surface area (Å²) in [5.74, 6) is 0.540. The number of hydrogen-bond donors (Lipinski definition) is 3. The van der Waals surface area contributed by atoms with E-state index in [-0.39, 0.29) is 12.1 Å². The summed E-state index contributed by atoms with van der Waals surface area (Å²) in [4.78, 5) is 4.60. The summed E-state index contributed by atoms with van der Waals surface area (Å²) < 4.78 is 0. The molecule has 0 aliphatic heterocycles. The van der Waals surface area contributed by atoms with Gasteiger partial charge in [0, 0.05) is 0 Å². The maximum absolute atomic E-state index is 9.62. The van der Waals surface area contributed by atoms with E-state index in [1.807, 2.05) is 0 Å². The van der Waals surface area contributed by atoms with Gasteiger partial charge in [-0.25, -0.2) is 0 Å². The van der Waals surface area contributed by atoms with Crippen molar-refractivity contribution in [2.75, 3.05) is 6.61 Å². The molecule has 4 heteroatoms. The van der Waals surface area contributed by atoms with Crippen LogP contribution >= 0.6 is 0 Å². The first-order valence-corrected chi connectivity index (χ1v) is 7.46. The van der Waals surface area contributed by atoms with Gasteiger partial charge in [-0.3, -0.25) is 4.99 Å². The Labute approximate surface area is 110 Å². The number of aliphatic hydroxyl groups excluding tert-OH is 1. The van der Waals surface area contributed by atoms with E-state index in [1.165, 1.54) is 38.5 Å². The van der Waals surface area contributed by atoms with Crippen LogP contribution in [0, 0.1) is 0 Å². The van der Waals surface area contributed by atoms with E-state index in [4.69, 9.17) is 5.73 Å². The normalized spacial score (nSPS) is 25.9. The Hall–Kier alpha value is -0.770. The lowest BCUT2D eigenvalue weighted by atomic mass is 9.82. The minimum atomic E-state index is -0.208. The smallest absolute Gasteiger partial charge is 0.189 e. The van der Waals surface area contributed by atoms with Crippen molar-refractivity contribution >= 4 is 5.96 Å². The second-order valence-electron chi connectivity index (χ2n) is 5.93. The summed E-state index contributed by atoms with van der Waals surface area (Å²) in [6.45, 7) is 0.161. The Morgan fingerprint density at radius 1 is 1.11 bits per heavy atom. The van der Waals surface area contributed by atoms with Crippen LogP contribution in [0.2, 0.25) is 0 Å². The molecule has 0 saturated heterocycles. The highest BCUT2D eigenvalue weighted by atomic mass is 16.3. The molecule has 2 aliphatic carbocycles. The fraction of sp³-hybridized carbons (Fsp3) is 0.929. The average molecular weight is 253 g/mol. The molecule has 0 heterocycles. The number of nitrogens with zero attached hydrogens (tertiary/aromatic N) is 1. The minimum Gasteiger partial charge on any atom is -0.394 e. The van der Waals surface area contributed by atoms with Crippen LogP contribution in [-0.4, -0.2) is 29.3 Å². The minimum absolute atomic E-state index is 0.161. The predicted octanol–water partition coefficient (Wildman–Crippen LogP) is 1.92. The molecule has 4 N–H and O–H groups in total. The average Bonchev–Trinajstić information content (AvgIpc) is 2.41. The monoisotopic (exact) mass is 253 g/mol. The van der Waals surface area contributed by atoms with E-state index in [0.29, 0.717) is 12.0 Å². The van der Waals surface area contributed by atoms with Crippen molar-refractivity contribution in [3.8, 4) is 0 Å². The van der Waals surface area contributed by atoms with E-state index in [2.05, 4.69) is 10.3 Å². The molecule has 0 unspecified atom stereocenters. The molecular formula is C14H27N3O. The van der Waals surface area contributed by atoms with E-state index in [9.17, 15) is 5.11 Å². The second kappa shape index (κ2) is 6.41. The molecule has 0 aromatic heterocycles. The van der Waals surface area contributed by atoms with Crippen molar-refractivity contribution in [2.45, 2.75) is 75.8 Å². The number of rotatable bonds is 3. The summed E-state index contributed by atoms with van der Waals surface area (Å²) in [6.07, 6.45) is 11.8. The van der Waals surface area contributed by atoms with Gasteiger partial charge in [0.1, 0.15) is 0 Å². The summed E-state index contributed by atoms with van der Waals surface area (Å²) in [5, 5.41) is 12.9. The van der Waals surface area contributed by atoms with Crippen molar-refractivity contribution in [3.63, 3.8) is 0 Å². The van der Waals surface area contributed by atoms with Gasteiger partial charge in [-0.05, 0) is 25.7 Å². The van der Waals surface area contributed by atoms with Gasteiger partial charge in [0.05, 0.1) is 18.2 Å². The highest BCUT2D eigenvalue weighted by molar-refractivity contribution is 5.79. The molecule has 0 radical (unpaired) electrons. The lowest BCUT2D eigenvalue weighted by Gasteiger charge is -2.37. The molecule has 104 valence electrons. The second-order valence-corrected chi connectivity index (χ2v) is 5.93. The van der Waals surface area contributed by atoms with Gasteiger partial charge in [-0.15, -0.1) is 0 Å². The molecule has 0 aromatic carbocycles. The van der Waals surface area contributed by atoms with Crippen LogP contribution in [0.25, 0.3) is 0 Å². The third-order valence-electron chi connectivity index (χ3n) is 4.40. The molecule has 2 rings (SSSR count). The van der Waals surface area contributed by atoms with Gasteiger partial charge in [-0.2, -0.15) is 0 Å². The van der Waals surface area contributed by atoms with Gasteiger partial charge < -0.3 is 16.2 Å². The van der Waals surface area contributed by atoms with Crippen molar-refractivity contribution in [3.05, 3.63) is 0 Å². The Morgan fingerprint density at radius 3 is 2.33 bits per heavy atom. The summed E-state index contributed by atoms with van der Waals surface area (Å²) in [6, 6.07) is 0.394. The molecule has 0 spiro atoms. The molecule has 2 saturated carbocycles. The fourth-order valence-electron chi connectivity index (χ4n) is 3.26. The van der Waals surface area contributed by atoms with Crippen LogP contribution in [0.15, 0.2) is 4.99 Å². The van der Waals surface area contributed by atoms with Gasteiger partial charge in [-0.1, -0.05) is 38.5 Å². The Morgan fingerprint density at radius 2 is 1.72 bits per heavy atom. The van der Waals surface area contributed by atoms with Crippen LogP contribution in [0.4, 0.5) is 0 Å². The molecule has 0 atom stereocenters. The third-order valence-corrected chi connectivity index (χ3v) is 4.40. The Kier molecular flexibility index (Phi) is 4.87. The molecule has 18 heavy (non-hydrogen) atoms. The van der Waals surface area contributed by atoms with E-state index in [0.717, 1.165) is 25.7 Å². The summed E-state index contributed by atoms with van der Waals surface area (Å²) >= 11 is 0. The maximum atomic E-state index is 9.62. The number of aliphatic imine (C=N–C) groups is 1. The zero-order valence-corrected chi connectivity index (χ0v) is 11.3. The van der Waals surface area contributed by atoms with E-state index < -0.39 is 0 Å². The van der Waals surface area contributed by atoms with Crippen molar-refractivity contribution < 1.29 is 5.11 Å². The number of guanidine groups is 1. The lowest BCUT2D eigenvalue weighted by Crippen LogP contribution is -2.55. The van der Waals surface area contributed by atoms with Gasteiger partial charge in [0.2, 0.25) is 0 Å².